The molecule has 0 saturated heterocycles. The van der Waals surface area contributed by atoms with Gasteiger partial charge in [0.2, 0.25) is 5.91 Å². The number of carbonyl (C=O) groups excluding carboxylic acids is 1. The third kappa shape index (κ3) is 5.51. The number of amides is 1. The molecule has 0 aromatic heterocycles. The van der Waals surface area contributed by atoms with Crippen molar-refractivity contribution in [3.8, 4) is 11.1 Å². The summed E-state index contributed by atoms with van der Waals surface area (Å²) in [4.78, 5) is 34.2. The first kappa shape index (κ1) is 20.7. The van der Waals surface area contributed by atoms with Crippen molar-refractivity contribution in [3.63, 3.8) is 0 Å². The third-order valence-electron chi connectivity index (χ3n) is 4.62. The van der Waals surface area contributed by atoms with Crippen molar-refractivity contribution in [2.45, 2.75) is 18.9 Å². The molecule has 7 nitrogen and oxygen atoms in total. The highest BCUT2D eigenvalue weighted by Crippen LogP contribution is 2.20. The van der Waals surface area contributed by atoms with Crippen molar-refractivity contribution in [1.82, 2.24) is 5.32 Å². The van der Waals surface area contributed by atoms with Crippen LogP contribution in [0.4, 0.5) is 5.69 Å². The van der Waals surface area contributed by atoms with Gasteiger partial charge in [-0.15, -0.1) is 0 Å². The number of non-ortho nitro benzene ring substituents is 1. The number of nitro benzene ring substituents is 1. The second kappa shape index (κ2) is 9.47. The molecular weight excluding hydrogens is 384 g/mol. The first-order chi connectivity index (χ1) is 14.4. The van der Waals surface area contributed by atoms with Gasteiger partial charge in [-0.05, 0) is 22.3 Å². The average molecular weight is 404 g/mol. The Morgan fingerprint density at radius 3 is 2.20 bits per heavy atom. The van der Waals surface area contributed by atoms with E-state index in [1.54, 1.807) is 6.07 Å². The van der Waals surface area contributed by atoms with Crippen LogP contribution in [-0.4, -0.2) is 27.9 Å². The first-order valence-electron chi connectivity index (χ1n) is 9.32. The maximum absolute atomic E-state index is 12.3. The number of hydrogen-bond acceptors (Lipinski definition) is 4. The van der Waals surface area contributed by atoms with Gasteiger partial charge in [-0.3, -0.25) is 14.9 Å². The maximum atomic E-state index is 12.3. The van der Waals surface area contributed by atoms with Crippen molar-refractivity contribution in [2.24, 2.45) is 0 Å². The summed E-state index contributed by atoms with van der Waals surface area (Å²) in [7, 11) is 0. The fourth-order valence-electron chi connectivity index (χ4n) is 3.11. The Morgan fingerprint density at radius 2 is 1.57 bits per heavy atom. The van der Waals surface area contributed by atoms with Gasteiger partial charge < -0.3 is 10.4 Å². The smallest absolute Gasteiger partial charge is 0.326 e. The molecule has 0 saturated carbocycles. The topological polar surface area (TPSA) is 110 Å². The van der Waals surface area contributed by atoms with Crippen molar-refractivity contribution >= 4 is 17.6 Å². The molecule has 0 heterocycles. The number of benzene rings is 3. The standard InChI is InChI=1S/C23H20N2O5/c26-22(15-17-5-4-8-20(13-17)25(29)30)24-21(23(27)28)14-16-9-11-19(12-10-16)18-6-2-1-3-7-18/h1-13,21H,14-15H2,(H,24,26)(H,27,28)/t21-/m0/s1. The van der Waals surface area contributed by atoms with Crippen LogP contribution >= 0.6 is 0 Å². The molecule has 0 spiro atoms. The number of nitrogens with one attached hydrogen (secondary N) is 1. The summed E-state index contributed by atoms with van der Waals surface area (Å²) >= 11 is 0. The summed E-state index contributed by atoms with van der Waals surface area (Å²) in [5.74, 6) is -1.65. The second-order valence-corrected chi connectivity index (χ2v) is 6.83. The molecule has 0 fully saturated rings. The lowest BCUT2D eigenvalue weighted by molar-refractivity contribution is -0.384. The molecule has 0 aliphatic rings. The molecule has 3 rings (SSSR count). The summed E-state index contributed by atoms with van der Waals surface area (Å²) < 4.78 is 0. The predicted molar refractivity (Wildman–Crippen MR) is 112 cm³/mol. The molecule has 0 unspecified atom stereocenters. The maximum Gasteiger partial charge on any atom is 0.326 e. The molecule has 1 amide bonds. The van der Waals surface area contributed by atoms with Crippen LogP contribution < -0.4 is 5.32 Å². The van der Waals surface area contributed by atoms with E-state index < -0.39 is 22.8 Å². The zero-order chi connectivity index (χ0) is 21.5. The number of nitrogens with zero attached hydrogens (tertiary/aromatic N) is 1. The molecule has 3 aromatic rings. The zero-order valence-electron chi connectivity index (χ0n) is 16.0. The number of carboxylic acids is 1. The lowest BCUT2D eigenvalue weighted by Gasteiger charge is -2.15. The number of rotatable bonds is 8. The van der Waals surface area contributed by atoms with Crippen LogP contribution in [0.25, 0.3) is 11.1 Å². The van der Waals surface area contributed by atoms with Crippen LogP contribution in [0.15, 0.2) is 78.9 Å². The third-order valence-corrected chi connectivity index (χ3v) is 4.62. The summed E-state index contributed by atoms with van der Waals surface area (Å²) in [5.41, 5.74) is 3.18. The summed E-state index contributed by atoms with van der Waals surface area (Å²) in [5, 5.41) is 22.8. The van der Waals surface area contributed by atoms with Gasteiger partial charge in [-0.25, -0.2) is 4.79 Å². The molecule has 152 valence electrons. The Kier molecular flexibility index (Phi) is 6.54. The highest BCUT2D eigenvalue weighted by atomic mass is 16.6. The van der Waals surface area contributed by atoms with Crippen molar-refractivity contribution < 1.29 is 19.6 Å². The highest BCUT2D eigenvalue weighted by Gasteiger charge is 2.21. The first-order valence-corrected chi connectivity index (χ1v) is 9.32. The molecule has 3 aromatic carbocycles. The van der Waals surface area contributed by atoms with Crippen LogP contribution in [0, 0.1) is 10.1 Å². The zero-order valence-corrected chi connectivity index (χ0v) is 16.0. The van der Waals surface area contributed by atoms with Crippen molar-refractivity contribution in [1.29, 1.82) is 0 Å². The Bertz CT molecular complexity index is 1050. The quantitative estimate of drug-likeness (QED) is 0.440. The minimum atomic E-state index is -1.14. The fraction of sp³-hybridized carbons (Fsp3) is 0.130. The average Bonchev–Trinajstić information content (AvgIpc) is 2.74. The SMILES string of the molecule is O=C(Cc1cccc([N+](=O)[O-])c1)N[C@@H](Cc1ccc(-c2ccccc2)cc1)C(=O)O. The van der Waals surface area contributed by atoms with Gasteiger partial charge in [0.05, 0.1) is 11.3 Å². The fourth-order valence-corrected chi connectivity index (χ4v) is 3.11. The normalized spacial score (nSPS) is 11.5. The van der Waals surface area contributed by atoms with Crippen LogP contribution in [0.1, 0.15) is 11.1 Å². The minimum Gasteiger partial charge on any atom is -0.480 e. The van der Waals surface area contributed by atoms with E-state index in [9.17, 15) is 24.8 Å². The van der Waals surface area contributed by atoms with Gasteiger partial charge in [-0.2, -0.15) is 0 Å². The van der Waals surface area contributed by atoms with Gasteiger partial charge >= 0.3 is 5.97 Å². The Labute approximate surface area is 173 Å². The Morgan fingerprint density at radius 1 is 0.900 bits per heavy atom. The molecule has 0 bridgehead atoms. The number of carboxylic acid groups (broad SMARTS) is 1. The van der Waals surface area contributed by atoms with Gasteiger partial charge in [0.25, 0.3) is 5.69 Å². The number of hydrogen-bond donors (Lipinski definition) is 2. The van der Waals surface area contributed by atoms with Gasteiger partial charge in [-0.1, -0.05) is 66.7 Å². The van der Waals surface area contributed by atoms with E-state index >= 15 is 0 Å². The van der Waals surface area contributed by atoms with E-state index in [-0.39, 0.29) is 18.5 Å². The molecule has 2 N–H and O–H groups in total. The van der Waals surface area contributed by atoms with Crippen LogP contribution in [-0.2, 0) is 22.4 Å². The summed E-state index contributed by atoms with van der Waals surface area (Å²) in [6, 6.07) is 21.9. The van der Waals surface area contributed by atoms with Gasteiger partial charge in [0, 0.05) is 18.6 Å². The predicted octanol–water partition coefficient (Wildman–Crippen LogP) is 3.62. The summed E-state index contributed by atoms with van der Waals surface area (Å²) in [6.07, 6.45) is -0.0104. The summed E-state index contributed by atoms with van der Waals surface area (Å²) in [6.45, 7) is 0. The van der Waals surface area contributed by atoms with Crippen LogP contribution in [0.3, 0.4) is 0 Å². The lowest BCUT2D eigenvalue weighted by Crippen LogP contribution is -2.43. The van der Waals surface area contributed by atoms with Crippen LogP contribution in [0.2, 0.25) is 0 Å². The molecule has 1 atom stereocenters. The monoisotopic (exact) mass is 404 g/mol. The van der Waals surface area contributed by atoms with E-state index in [1.165, 1.54) is 18.2 Å². The second-order valence-electron chi connectivity index (χ2n) is 6.83. The number of aliphatic carboxylic acids is 1. The van der Waals surface area contributed by atoms with Gasteiger partial charge in [0.1, 0.15) is 6.04 Å². The number of nitro groups is 1. The lowest BCUT2D eigenvalue weighted by atomic mass is 10.0. The van der Waals surface area contributed by atoms with Crippen molar-refractivity contribution in [2.75, 3.05) is 0 Å². The van der Waals surface area contributed by atoms with Crippen LogP contribution in [0.5, 0.6) is 0 Å². The highest BCUT2D eigenvalue weighted by molar-refractivity contribution is 5.85. The minimum absolute atomic E-state index is 0.117. The largest absolute Gasteiger partial charge is 0.480 e. The molecular formula is C23H20N2O5. The van der Waals surface area contributed by atoms with Crippen molar-refractivity contribution in [3.05, 3.63) is 100 Å². The van der Waals surface area contributed by atoms with E-state index in [0.29, 0.717) is 5.56 Å². The molecule has 7 heteroatoms. The Hall–Kier alpha value is -4.00. The van der Waals surface area contributed by atoms with E-state index in [1.807, 2.05) is 54.6 Å². The number of carbonyl (C=O) groups is 2. The molecule has 0 aliphatic carbocycles. The van der Waals surface area contributed by atoms with E-state index in [2.05, 4.69) is 5.32 Å². The van der Waals surface area contributed by atoms with Gasteiger partial charge in [0.15, 0.2) is 0 Å². The van der Waals surface area contributed by atoms with E-state index in [4.69, 9.17) is 0 Å². The Balaban J connectivity index is 1.64. The molecule has 0 aliphatic heterocycles. The molecule has 30 heavy (non-hydrogen) atoms. The van der Waals surface area contributed by atoms with E-state index in [0.717, 1.165) is 16.7 Å². The molecule has 0 radical (unpaired) electrons.